The van der Waals surface area contributed by atoms with Gasteiger partial charge in [-0.05, 0) is 48.2 Å². The van der Waals surface area contributed by atoms with E-state index in [1.54, 1.807) is 18.9 Å². The number of thioether (sulfide) groups is 1. The molecule has 1 amide bonds. The molecule has 5 aromatic rings. The quantitative estimate of drug-likeness (QED) is 0.135. The van der Waals surface area contributed by atoms with Gasteiger partial charge in [-0.3, -0.25) is 9.36 Å². The molecule has 0 spiro atoms. The summed E-state index contributed by atoms with van der Waals surface area (Å²) in [6, 6.07) is 38.3. The number of nitrogens with zero attached hydrogens (tertiary/aromatic N) is 3. The number of amides is 1. The fourth-order valence-electron chi connectivity index (χ4n) is 4.57. The second kappa shape index (κ2) is 13.6. The zero-order valence-electron chi connectivity index (χ0n) is 22.4. The molecule has 6 nitrogen and oxygen atoms in total. The van der Waals surface area contributed by atoms with Crippen molar-refractivity contribution >= 4 is 17.7 Å². The summed E-state index contributed by atoms with van der Waals surface area (Å²) in [5, 5.41) is 13.1. The van der Waals surface area contributed by atoms with E-state index in [1.165, 1.54) is 5.56 Å². The topological polar surface area (TPSA) is 69.0 Å². The van der Waals surface area contributed by atoms with Gasteiger partial charge >= 0.3 is 0 Å². The van der Waals surface area contributed by atoms with Crippen molar-refractivity contribution in [3.05, 3.63) is 126 Å². The number of benzene rings is 4. The van der Waals surface area contributed by atoms with E-state index in [1.807, 2.05) is 91.0 Å². The molecule has 1 unspecified atom stereocenters. The lowest BCUT2D eigenvalue weighted by atomic mass is 9.98. The number of aromatic nitrogens is 3. The van der Waals surface area contributed by atoms with E-state index in [0.29, 0.717) is 6.42 Å². The largest absolute Gasteiger partial charge is 0.497 e. The third kappa shape index (κ3) is 6.98. The molecule has 0 bridgehead atoms. The van der Waals surface area contributed by atoms with Crippen LogP contribution in [0.25, 0.3) is 17.1 Å². The third-order valence-electron chi connectivity index (χ3n) is 6.57. The molecule has 202 valence electrons. The Kier molecular flexibility index (Phi) is 9.27. The number of methoxy groups -OCH3 is 1. The van der Waals surface area contributed by atoms with Gasteiger partial charge in [0.2, 0.25) is 5.91 Å². The van der Waals surface area contributed by atoms with Crippen molar-refractivity contribution in [3.63, 3.8) is 0 Å². The first-order valence-corrected chi connectivity index (χ1v) is 14.4. The van der Waals surface area contributed by atoms with Gasteiger partial charge in [-0.2, -0.15) is 0 Å². The van der Waals surface area contributed by atoms with E-state index in [0.717, 1.165) is 52.1 Å². The van der Waals surface area contributed by atoms with Gasteiger partial charge in [-0.25, -0.2) is 0 Å². The molecule has 4 aromatic carbocycles. The first-order chi connectivity index (χ1) is 19.7. The Morgan fingerprint density at radius 2 is 1.57 bits per heavy atom. The highest BCUT2D eigenvalue weighted by Gasteiger charge is 2.18. The lowest BCUT2D eigenvalue weighted by Crippen LogP contribution is -2.29. The normalized spacial score (nSPS) is 11.6. The number of rotatable bonds is 12. The van der Waals surface area contributed by atoms with Gasteiger partial charge in [0.05, 0.1) is 13.2 Å². The molecule has 0 fully saturated rings. The maximum absolute atomic E-state index is 13.0. The van der Waals surface area contributed by atoms with E-state index < -0.39 is 0 Å². The number of carbonyl (C=O) groups excluding carboxylic acids is 1. The Labute approximate surface area is 239 Å². The van der Waals surface area contributed by atoms with Crippen molar-refractivity contribution in [1.82, 2.24) is 20.1 Å². The minimum atomic E-state index is -0.0737. The molecule has 1 N–H and O–H groups in total. The number of para-hydroxylation sites is 1. The molecule has 0 saturated carbocycles. The number of hydrogen-bond donors (Lipinski definition) is 1. The zero-order valence-corrected chi connectivity index (χ0v) is 23.3. The molecule has 1 atom stereocenters. The van der Waals surface area contributed by atoms with Crippen LogP contribution < -0.4 is 10.1 Å². The van der Waals surface area contributed by atoms with Gasteiger partial charge in [-0.15, -0.1) is 10.2 Å². The van der Waals surface area contributed by atoms with Crippen LogP contribution in [0.3, 0.4) is 0 Å². The summed E-state index contributed by atoms with van der Waals surface area (Å²) in [5.41, 5.74) is 4.21. The first kappa shape index (κ1) is 27.2. The van der Waals surface area contributed by atoms with Crippen molar-refractivity contribution in [1.29, 1.82) is 0 Å². The summed E-state index contributed by atoms with van der Waals surface area (Å²) in [6.45, 7) is 0. The highest BCUT2D eigenvalue weighted by atomic mass is 32.2. The van der Waals surface area contributed by atoms with Crippen LogP contribution in [-0.2, 0) is 11.2 Å². The van der Waals surface area contributed by atoms with Crippen molar-refractivity contribution in [2.24, 2.45) is 0 Å². The van der Waals surface area contributed by atoms with E-state index in [2.05, 4.69) is 44.3 Å². The van der Waals surface area contributed by atoms with Gasteiger partial charge in [0.15, 0.2) is 11.0 Å². The van der Waals surface area contributed by atoms with Crippen LogP contribution in [-0.4, -0.2) is 33.5 Å². The van der Waals surface area contributed by atoms with Crippen molar-refractivity contribution in [2.75, 3.05) is 12.9 Å². The average molecular weight is 549 g/mol. The molecule has 0 radical (unpaired) electrons. The predicted octanol–water partition coefficient (Wildman–Crippen LogP) is 6.92. The van der Waals surface area contributed by atoms with E-state index in [4.69, 9.17) is 4.74 Å². The van der Waals surface area contributed by atoms with Crippen LogP contribution in [0.15, 0.2) is 120 Å². The van der Waals surface area contributed by atoms with E-state index in [9.17, 15) is 4.79 Å². The minimum Gasteiger partial charge on any atom is -0.497 e. The smallest absolute Gasteiger partial charge is 0.220 e. The Morgan fingerprint density at radius 1 is 0.875 bits per heavy atom. The van der Waals surface area contributed by atoms with Crippen molar-refractivity contribution in [3.8, 4) is 22.8 Å². The second-order valence-electron chi connectivity index (χ2n) is 9.38. The number of hydrogen-bond acceptors (Lipinski definition) is 5. The minimum absolute atomic E-state index is 0.0481. The summed E-state index contributed by atoms with van der Waals surface area (Å²) in [4.78, 5) is 13.0. The third-order valence-corrected chi connectivity index (χ3v) is 7.59. The molecule has 5 rings (SSSR count). The summed E-state index contributed by atoms with van der Waals surface area (Å²) < 4.78 is 7.48. The molecule has 1 aromatic heterocycles. The average Bonchev–Trinajstić information content (AvgIpc) is 3.44. The molecule has 0 saturated heterocycles. The number of carbonyl (C=O) groups is 1. The van der Waals surface area contributed by atoms with E-state index in [-0.39, 0.29) is 11.9 Å². The summed E-state index contributed by atoms with van der Waals surface area (Å²) in [6.07, 6.45) is 1.91. The second-order valence-corrected chi connectivity index (χ2v) is 10.4. The molecule has 40 heavy (non-hydrogen) atoms. The lowest BCUT2D eigenvalue weighted by molar-refractivity contribution is -0.121. The molecule has 1 heterocycles. The molecular formula is C33H32N4O2S. The molecule has 0 aliphatic rings. The maximum Gasteiger partial charge on any atom is 0.220 e. The predicted molar refractivity (Wildman–Crippen MR) is 161 cm³/mol. The van der Waals surface area contributed by atoms with Crippen molar-refractivity contribution in [2.45, 2.75) is 30.5 Å². The van der Waals surface area contributed by atoms with Gasteiger partial charge in [0, 0.05) is 23.4 Å². The van der Waals surface area contributed by atoms with Crippen LogP contribution in [0.1, 0.15) is 30.0 Å². The Morgan fingerprint density at radius 3 is 2.30 bits per heavy atom. The molecular weight excluding hydrogens is 516 g/mol. The monoisotopic (exact) mass is 548 g/mol. The van der Waals surface area contributed by atoms with Crippen LogP contribution >= 0.6 is 11.8 Å². The standard InChI is InChI=1S/C33H32N4O2S/c1-39-29-20-11-17-27(24-29)32-35-36-33(37(32)28-18-9-4-10-19-28)40-22-12-21-31(38)34-30(26-15-7-3-8-16-26)23-25-13-5-2-6-14-25/h2-11,13-20,24,30H,12,21-23H2,1H3,(H,34,38). The van der Waals surface area contributed by atoms with Crippen LogP contribution in [0.5, 0.6) is 5.75 Å². The number of nitrogens with one attached hydrogen (secondary N) is 1. The van der Waals surface area contributed by atoms with Gasteiger partial charge in [0.25, 0.3) is 0 Å². The Bertz CT molecular complexity index is 1510. The highest BCUT2D eigenvalue weighted by molar-refractivity contribution is 7.99. The van der Waals surface area contributed by atoms with Gasteiger partial charge in [-0.1, -0.05) is 103 Å². The summed E-state index contributed by atoms with van der Waals surface area (Å²) >= 11 is 1.61. The van der Waals surface area contributed by atoms with E-state index >= 15 is 0 Å². The van der Waals surface area contributed by atoms with Crippen LogP contribution in [0, 0.1) is 0 Å². The van der Waals surface area contributed by atoms with Crippen LogP contribution in [0.4, 0.5) is 0 Å². The number of ether oxygens (including phenoxy) is 1. The lowest BCUT2D eigenvalue weighted by Gasteiger charge is -2.19. The van der Waals surface area contributed by atoms with Crippen LogP contribution in [0.2, 0.25) is 0 Å². The zero-order chi connectivity index (χ0) is 27.6. The summed E-state index contributed by atoms with van der Waals surface area (Å²) in [7, 11) is 1.65. The summed E-state index contributed by atoms with van der Waals surface area (Å²) in [5.74, 6) is 2.30. The van der Waals surface area contributed by atoms with Gasteiger partial charge < -0.3 is 10.1 Å². The maximum atomic E-state index is 13.0. The SMILES string of the molecule is COc1cccc(-c2nnc(SCCCC(=O)NC(Cc3ccccc3)c3ccccc3)n2-c2ccccc2)c1. The fourth-order valence-corrected chi connectivity index (χ4v) is 5.46. The van der Waals surface area contributed by atoms with Crippen molar-refractivity contribution < 1.29 is 9.53 Å². The molecule has 0 aliphatic carbocycles. The highest BCUT2D eigenvalue weighted by Crippen LogP contribution is 2.30. The first-order valence-electron chi connectivity index (χ1n) is 13.4. The molecule has 7 heteroatoms. The molecule has 0 aliphatic heterocycles. The Balaban J connectivity index is 1.24. The fraction of sp³-hybridized carbons (Fsp3) is 0.182. The Hall–Kier alpha value is -4.36. The van der Waals surface area contributed by atoms with Gasteiger partial charge in [0.1, 0.15) is 5.75 Å².